The number of anilines is 1. The highest BCUT2D eigenvalue weighted by Crippen LogP contribution is 2.22. The SMILES string of the molecule is COC(=O)c1ccccc1C(=O)OCC(=O)Nc1cccc2ccccc12. The fourth-order valence-corrected chi connectivity index (χ4v) is 2.68. The summed E-state index contributed by atoms with van der Waals surface area (Å²) in [7, 11) is 1.22. The van der Waals surface area contributed by atoms with Crippen LogP contribution in [0.25, 0.3) is 10.8 Å². The van der Waals surface area contributed by atoms with Crippen molar-refractivity contribution in [3.8, 4) is 0 Å². The maximum atomic E-state index is 12.2. The third-order valence-electron chi connectivity index (χ3n) is 3.95. The lowest BCUT2D eigenvalue weighted by Gasteiger charge is -2.10. The summed E-state index contributed by atoms with van der Waals surface area (Å²) in [5.41, 5.74) is 0.755. The van der Waals surface area contributed by atoms with E-state index in [1.807, 2.05) is 36.4 Å². The Morgan fingerprint density at radius 2 is 1.44 bits per heavy atom. The van der Waals surface area contributed by atoms with Crippen LogP contribution >= 0.6 is 0 Å². The molecule has 6 nitrogen and oxygen atoms in total. The molecule has 0 heterocycles. The van der Waals surface area contributed by atoms with Crippen LogP contribution in [0.2, 0.25) is 0 Å². The molecule has 0 saturated carbocycles. The van der Waals surface area contributed by atoms with Crippen LogP contribution in [0.1, 0.15) is 20.7 Å². The number of nitrogens with one attached hydrogen (secondary N) is 1. The highest BCUT2D eigenvalue weighted by molar-refractivity contribution is 6.05. The normalized spacial score (nSPS) is 10.3. The van der Waals surface area contributed by atoms with Crippen molar-refractivity contribution in [2.45, 2.75) is 0 Å². The van der Waals surface area contributed by atoms with Gasteiger partial charge in [-0.1, -0.05) is 48.5 Å². The molecule has 3 rings (SSSR count). The van der Waals surface area contributed by atoms with Gasteiger partial charge in [0.25, 0.3) is 5.91 Å². The van der Waals surface area contributed by atoms with Gasteiger partial charge in [-0.25, -0.2) is 9.59 Å². The predicted octanol–water partition coefficient (Wildman–Crippen LogP) is 3.42. The van der Waals surface area contributed by atoms with E-state index in [0.717, 1.165) is 10.8 Å². The van der Waals surface area contributed by atoms with Gasteiger partial charge in [0.05, 0.1) is 18.2 Å². The number of hydrogen-bond acceptors (Lipinski definition) is 5. The third-order valence-corrected chi connectivity index (χ3v) is 3.95. The second-order valence-electron chi connectivity index (χ2n) is 5.69. The van der Waals surface area contributed by atoms with Crippen LogP contribution in [0, 0.1) is 0 Å². The van der Waals surface area contributed by atoms with Gasteiger partial charge in [-0.15, -0.1) is 0 Å². The van der Waals surface area contributed by atoms with E-state index in [0.29, 0.717) is 5.69 Å². The summed E-state index contributed by atoms with van der Waals surface area (Å²) < 4.78 is 9.70. The zero-order chi connectivity index (χ0) is 19.2. The van der Waals surface area contributed by atoms with Gasteiger partial charge in [0.1, 0.15) is 0 Å². The molecule has 0 unspecified atom stereocenters. The minimum Gasteiger partial charge on any atom is -0.465 e. The molecule has 0 spiro atoms. The van der Waals surface area contributed by atoms with Crippen LogP contribution in [-0.2, 0) is 14.3 Å². The summed E-state index contributed by atoms with van der Waals surface area (Å²) in [6, 6.07) is 19.3. The fraction of sp³-hybridized carbons (Fsp3) is 0.0952. The quantitative estimate of drug-likeness (QED) is 0.703. The first-order valence-electron chi connectivity index (χ1n) is 8.22. The second-order valence-corrected chi connectivity index (χ2v) is 5.69. The molecule has 0 radical (unpaired) electrons. The Morgan fingerprint density at radius 1 is 0.815 bits per heavy atom. The lowest BCUT2D eigenvalue weighted by molar-refractivity contribution is -0.119. The van der Waals surface area contributed by atoms with E-state index in [4.69, 9.17) is 4.74 Å². The van der Waals surface area contributed by atoms with E-state index >= 15 is 0 Å². The van der Waals surface area contributed by atoms with Crippen LogP contribution in [0.5, 0.6) is 0 Å². The summed E-state index contributed by atoms with van der Waals surface area (Å²) in [5.74, 6) is -1.90. The Labute approximate surface area is 155 Å². The van der Waals surface area contributed by atoms with Crippen molar-refractivity contribution in [1.29, 1.82) is 0 Å². The van der Waals surface area contributed by atoms with Gasteiger partial charge < -0.3 is 14.8 Å². The first-order valence-corrected chi connectivity index (χ1v) is 8.22. The maximum absolute atomic E-state index is 12.2. The van der Waals surface area contributed by atoms with Crippen molar-refractivity contribution in [1.82, 2.24) is 0 Å². The number of hydrogen-bond donors (Lipinski definition) is 1. The van der Waals surface area contributed by atoms with Gasteiger partial charge >= 0.3 is 11.9 Å². The molecule has 3 aromatic rings. The topological polar surface area (TPSA) is 81.7 Å². The molecule has 27 heavy (non-hydrogen) atoms. The van der Waals surface area contributed by atoms with E-state index in [-0.39, 0.29) is 11.1 Å². The number of ether oxygens (including phenoxy) is 2. The molecule has 0 aliphatic heterocycles. The van der Waals surface area contributed by atoms with Crippen molar-refractivity contribution < 1.29 is 23.9 Å². The minimum atomic E-state index is -0.774. The van der Waals surface area contributed by atoms with Gasteiger partial charge in [0.2, 0.25) is 0 Å². The van der Waals surface area contributed by atoms with E-state index in [1.54, 1.807) is 18.2 Å². The molecule has 0 fully saturated rings. The standard InChI is InChI=1S/C21H17NO5/c1-26-20(24)16-10-4-5-11-17(16)21(25)27-13-19(23)22-18-12-6-8-14-7-2-3-9-15(14)18/h2-12H,13H2,1H3,(H,22,23). The van der Waals surface area contributed by atoms with Crippen LogP contribution in [0.4, 0.5) is 5.69 Å². The van der Waals surface area contributed by atoms with E-state index < -0.39 is 24.5 Å². The average molecular weight is 363 g/mol. The number of methoxy groups -OCH3 is 1. The molecule has 3 aromatic carbocycles. The van der Waals surface area contributed by atoms with Crippen LogP contribution in [-0.4, -0.2) is 31.6 Å². The van der Waals surface area contributed by atoms with Crippen molar-refractivity contribution in [3.05, 3.63) is 77.9 Å². The highest BCUT2D eigenvalue weighted by Gasteiger charge is 2.19. The lowest BCUT2D eigenvalue weighted by atomic mass is 10.1. The molecule has 1 amide bonds. The highest BCUT2D eigenvalue weighted by atomic mass is 16.5. The van der Waals surface area contributed by atoms with Gasteiger partial charge in [-0.3, -0.25) is 4.79 Å². The van der Waals surface area contributed by atoms with Crippen LogP contribution < -0.4 is 5.32 Å². The van der Waals surface area contributed by atoms with Crippen molar-refractivity contribution in [2.75, 3.05) is 19.0 Å². The average Bonchev–Trinajstić information content (AvgIpc) is 2.71. The fourth-order valence-electron chi connectivity index (χ4n) is 2.68. The Hall–Kier alpha value is -3.67. The number of carbonyl (C=O) groups excluding carboxylic acids is 3. The second kappa shape index (κ2) is 8.14. The summed E-state index contributed by atoms with van der Waals surface area (Å²) in [6.07, 6.45) is 0. The summed E-state index contributed by atoms with van der Waals surface area (Å²) in [5, 5.41) is 4.60. The summed E-state index contributed by atoms with van der Waals surface area (Å²) in [6.45, 7) is -0.475. The van der Waals surface area contributed by atoms with Gasteiger partial charge in [-0.05, 0) is 23.6 Å². The van der Waals surface area contributed by atoms with Crippen LogP contribution in [0.15, 0.2) is 66.7 Å². The number of rotatable bonds is 5. The first-order chi connectivity index (χ1) is 13.1. The number of esters is 2. The monoisotopic (exact) mass is 363 g/mol. The Balaban J connectivity index is 1.68. The first kappa shape index (κ1) is 18.1. The maximum Gasteiger partial charge on any atom is 0.339 e. The zero-order valence-corrected chi connectivity index (χ0v) is 14.6. The summed E-state index contributed by atoms with van der Waals surface area (Å²) in [4.78, 5) is 36.2. The molecule has 1 N–H and O–H groups in total. The van der Waals surface area contributed by atoms with Gasteiger partial charge in [-0.2, -0.15) is 0 Å². The molecule has 0 saturated heterocycles. The van der Waals surface area contributed by atoms with Gasteiger partial charge in [0.15, 0.2) is 6.61 Å². The number of amides is 1. The van der Waals surface area contributed by atoms with Crippen molar-refractivity contribution in [2.24, 2.45) is 0 Å². The summed E-state index contributed by atoms with van der Waals surface area (Å²) >= 11 is 0. The predicted molar refractivity (Wildman–Crippen MR) is 101 cm³/mol. The largest absolute Gasteiger partial charge is 0.465 e. The molecular weight excluding hydrogens is 346 g/mol. The van der Waals surface area contributed by atoms with Crippen molar-refractivity contribution in [3.63, 3.8) is 0 Å². The Bertz CT molecular complexity index is 1010. The zero-order valence-electron chi connectivity index (χ0n) is 14.6. The molecule has 0 aromatic heterocycles. The molecular formula is C21H17NO5. The molecule has 0 atom stereocenters. The molecule has 0 aliphatic rings. The number of carbonyl (C=O) groups is 3. The molecule has 0 aliphatic carbocycles. The molecule has 6 heteroatoms. The molecule has 136 valence electrons. The van der Waals surface area contributed by atoms with Crippen molar-refractivity contribution >= 4 is 34.3 Å². The lowest BCUT2D eigenvalue weighted by Crippen LogP contribution is -2.22. The Kier molecular flexibility index (Phi) is 5.47. The van der Waals surface area contributed by atoms with Gasteiger partial charge in [0, 0.05) is 11.1 Å². The Morgan fingerprint density at radius 3 is 2.19 bits per heavy atom. The minimum absolute atomic E-state index is 0.0438. The van der Waals surface area contributed by atoms with E-state index in [9.17, 15) is 14.4 Å². The van der Waals surface area contributed by atoms with E-state index in [1.165, 1.54) is 19.2 Å². The number of fused-ring (bicyclic) bond motifs is 1. The third kappa shape index (κ3) is 4.12. The molecule has 0 bridgehead atoms. The van der Waals surface area contributed by atoms with E-state index in [2.05, 4.69) is 10.1 Å². The number of benzene rings is 3. The van der Waals surface area contributed by atoms with Crippen LogP contribution in [0.3, 0.4) is 0 Å². The smallest absolute Gasteiger partial charge is 0.339 e.